The Hall–Kier alpha value is 0.0700. The zero-order valence-electron chi connectivity index (χ0n) is 9.30. The van der Waals surface area contributed by atoms with Crippen molar-refractivity contribution in [1.82, 2.24) is 9.88 Å². The first-order chi connectivity index (χ1) is 6.95. The molecular formula is C11H16Br2N2. The SMILES string of the molecule is CN(Cc1cncc(Br)c1)C(C)(C)CBr. The zero-order chi connectivity index (χ0) is 11.5. The van der Waals surface area contributed by atoms with E-state index in [4.69, 9.17) is 0 Å². The molecule has 0 fully saturated rings. The molecule has 0 saturated heterocycles. The number of nitrogens with zero attached hydrogens (tertiary/aromatic N) is 2. The van der Waals surface area contributed by atoms with E-state index in [2.05, 4.69) is 68.7 Å². The van der Waals surface area contributed by atoms with Crippen molar-refractivity contribution in [2.75, 3.05) is 12.4 Å². The largest absolute Gasteiger partial charge is 0.296 e. The van der Waals surface area contributed by atoms with Crippen LogP contribution in [0.1, 0.15) is 19.4 Å². The number of pyridine rings is 1. The van der Waals surface area contributed by atoms with Crippen LogP contribution in [0.15, 0.2) is 22.9 Å². The molecule has 84 valence electrons. The van der Waals surface area contributed by atoms with Crippen molar-refractivity contribution < 1.29 is 0 Å². The molecule has 0 saturated carbocycles. The van der Waals surface area contributed by atoms with Crippen LogP contribution in [0.5, 0.6) is 0 Å². The fourth-order valence-corrected chi connectivity index (χ4v) is 1.97. The molecule has 0 amide bonds. The monoisotopic (exact) mass is 334 g/mol. The Kier molecular flexibility index (Phi) is 4.74. The van der Waals surface area contributed by atoms with Crippen LogP contribution in [0.3, 0.4) is 0 Å². The van der Waals surface area contributed by atoms with Gasteiger partial charge in [-0.05, 0) is 48.5 Å². The van der Waals surface area contributed by atoms with E-state index in [0.29, 0.717) is 0 Å². The summed E-state index contributed by atoms with van der Waals surface area (Å²) in [7, 11) is 2.13. The predicted octanol–water partition coefficient (Wildman–Crippen LogP) is 3.45. The molecule has 2 nitrogen and oxygen atoms in total. The predicted molar refractivity (Wildman–Crippen MR) is 71.3 cm³/mol. The third-order valence-corrected chi connectivity index (χ3v) is 4.35. The van der Waals surface area contributed by atoms with Crippen LogP contribution in [0.25, 0.3) is 0 Å². The van der Waals surface area contributed by atoms with Crippen molar-refractivity contribution in [3.63, 3.8) is 0 Å². The Bertz CT molecular complexity index is 326. The second-order valence-corrected chi connectivity index (χ2v) is 5.79. The number of hydrogen-bond acceptors (Lipinski definition) is 2. The van der Waals surface area contributed by atoms with E-state index in [0.717, 1.165) is 16.3 Å². The van der Waals surface area contributed by atoms with Gasteiger partial charge in [0, 0.05) is 34.3 Å². The lowest BCUT2D eigenvalue weighted by Gasteiger charge is -2.34. The summed E-state index contributed by atoms with van der Waals surface area (Å²) in [5, 5.41) is 0.956. The lowest BCUT2D eigenvalue weighted by atomic mass is 10.1. The molecule has 0 aliphatic heterocycles. The van der Waals surface area contributed by atoms with E-state index in [1.807, 2.05) is 6.20 Å². The van der Waals surface area contributed by atoms with Gasteiger partial charge in [0.1, 0.15) is 0 Å². The number of aromatic nitrogens is 1. The Morgan fingerprint density at radius 1 is 1.40 bits per heavy atom. The average Bonchev–Trinajstić information content (AvgIpc) is 2.17. The molecule has 4 heteroatoms. The maximum Gasteiger partial charge on any atom is 0.0410 e. The summed E-state index contributed by atoms with van der Waals surface area (Å²) < 4.78 is 1.03. The molecule has 0 unspecified atom stereocenters. The van der Waals surface area contributed by atoms with Crippen LogP contribution in [0.4, 0.5) is 0 Å². The molecule has 1 heterocycles. The first-order valence-electron chi connectivity index (χ1n) is 4.82. The zero-order valence-corrected chi connectivity index (χ0v) is 12.5. The number of rotatable bonds is 4. The van der Waals surface area contributed by atoms with E-state index >= 15 is 0 Å². The quantitative estimate of drug-likeness (QED) is 0.783. The number of hydrogen-bond donors (Lipinski definition) is 0. The summed E-state index contributed by atoms with van der Waals surface area (Å²) in [6.07, 6.45) is 3.71. The molecule has 0 aromatic carbocycles. The van der Waals surface area contributed by atoms with E-state index in [1.165, 1.54) is 5.56 Å². The molecule has 0 N–H and O–H groups in total. The van der Waals surface area contributed by atoms with Gasteiger partial charge in [0.05, 0.1) is 0 Å². The Labute approximate surface area is 108 Å². The molecule has 1 aromatic heterocycles. The summed E-state index contributed by atoms with van der Waals surface area (Å²) in [6.45, 7) is 5.34. The number of halogens is 2. The van der Waals surface area contributed by atoms with Gasteiger partial charge < -0.3 is 0 Å². The summed E-state index contributed by atoms with van der Waals surface area (Å²) in [6, 6.07) is 2.10. The van der Waals surface area contributed by atoms with E-state index in [-0.39, 0.29) is 5.54 Å². The van der Waals surface area contributed by atoms with E-state index < -0.39 is 0 Å². The summed E-state index contributed by atoms with van der Waals surface area (Å²) in [5.41, 5.74) is 1.38. The maximum atomic E-state index is 4.16. The topological polar surface area (TPSA) is 16.1 Å². The van der Waals surface area contributed by atoms with Crippen molar-refractivity contribution in [2.45, 2.75) is 25.9 Å². The average molecular weight is 336 g/mol. The van der Waals surface area contributed by atoms with Gasteiger partial charge in [-0.3, -0.25) is 9.88 Å². The molecule has 1 rings (SSSR count). The molecule has 15 heavy (non-hydrogen) atoms. The highest BCUT2D eigenvalue weighted by atomic mass is 79.9. The highest BCUT2D eigenvalue weighted by Gasteiger charge is 2.21. The molecule has 1 aromatic rings. The van der Waals surface area contributed by atoms with Crippen molar-refractivity contribution in [1.29, 1.82) is 0 Å². The van der Waals surface area contributed by atoms with Gasteiger partial charge in [-0.25, -0.2) is 0 Å². The van der Waals surface area contributed by atoms with Crippen molar-refractivity contribution in [2.24, 2.45) is 0 Å². The van der Waals surface area contributed by atoms with Crippen molar-refractivity contribution in [3.05, 3.63) is 28.5 Å². The fraction of sp³-hybridized carbons (Fsp3) is 0.545. The molecule has 0 radical (unpaired) electrons. The van der Waals surface area contributed by atoms with Crippen molar-refractivity contribution in [3.8, 4) is 0 Å². The van der Waals surface area contributed by atoms with Gasteiger partial charge >= 0.3 is 0 Å². The third kappa shape index (κ3) is 3.85. The summed E-state index contributed by atoms with van der Waals surface area (Å²) >= 11 is 6.96. The minimum absolute atomic E-state index is 0.155. The summed E-state index contributed by atoms with van der Waals surface area (Å²) in [5.74, 6) is 0. The Morgan fingerprint density at radius 2 is 2.07 bits per heavy atom. The molecule has 0 aliphatic rings. The molecule has 0 atom stereocenters. The molecule has 0 bridgehead atoms. The normalized spacial score (nSPS) is 12.1. The molecule has 0 aliphatic carbocycles. The third-order valence-electron chi connectivity index (χ3n) is 2.54. The summed E-state index contributed by atoms with van der Waals surface area (Å²) in [4.78, 5) is 6.47. The van der Waals surface area contributed by atoms with Crippen LogP contribution in [-0.2, 0) is 6.54 Å². The van der Waals surface area contributed by atoms with Crippen LogP contribution >= 0.6 is 31.9 Å². The van der Waals surface area contributed by atoms with E-state index in [1.54, 1.807) is 6.20 Å². The van der Waals surface area contributed by atoms with Crippen LogP contribution < -0.4 is 0 Å². The first kappa shape index (κ1) is 13.1. The van der Waals surface area contributed by atoms with E-state index in [9.17, 15) is 0 Å². The fourth-order valence-electron chi connectivity index (χ4n) is 1.13. The second kappa shape index (κ2) is 5.41. The van der Waals surface area contributed by atoms with Gasteiger partial charge in [-0.15, -0.1) is 0 Å². The lowest BCUT2D eigenvalue weighted by molar-refractivity contribution is 0.173. The van der Waals surface area contributed by atoms with Gasteiger partial charge in [-0.2, -0.15) is 0 Å². The Morgan fingerprint density at radius 3 is 2.60 bits per heavy atom. The van der Waals surface area contributed by atoms with Gasteiger partial charge in [0.2, 0.25) is 0 Å². The van der Waals surface area contributed by atoms with Crippen LogP contribution in [-0.4, -0.2) is 27.8 Å². The minimum atomic E-state index is 0.155. The van der Waals surface area contributed by atoms with Gasteiger partial charge in [0.15, 0.2) is 0 Å². The molecular weight excluding hydrogens is 320 g/mol. The van der Waals surface area contributed by atoms with Crippen LogP contribution in [0.2, 0.25) is 0 Å². The lowest BCUT2D eigenvalue weighted by Crippen LogP contribution is -2.41. The second-order valence-electron chi connectivity index (χ2n) is 4.31. The van der Waals surface area contributed by atoms with Gasteiger partial charge in [-0.1, -0.05) is 15.9 Å². The van der Waals surface area contributed by atoms with Gasteiger partial charge in [0.25, 0.3) is 0 Å². The Balaban J connectivity index is 2.70. The van der Waals surface area contributed by atoms with Crippen molar-refractivity contribution >= 4 is 31.9 Å². The first-order valence-corrected chi connectivity index (χ1v) is 6.74. The number of alkyl halides is 1. The maximum absolute atomic E-state index is 4.16. The highest BCUT2D eigenvalue weighted by Crippen LogP contribution is 2.19. The molecule has 0 spiro atoms. The smallest absolute Gasteiger partial charge is 0.0410 e. The standard InChI is InChI=1S/C11H16Br2N2/c1-11(2,8-12)15(3)7-9-4-10(13)6-14-5-9/h4-6H,7-8H2,1-3H3. The highest BCUT2D eigenvalue weighted by molar-refractivity contribution is 9.10. The van der Waals surface area contributed by atoms with Crippen LogP contribution in [0, 0.1) is 0 Å². The minimum Gasteiger partial charge on any atom is -0.296 e.